The third kappa shape index (κ3) is 2.21. The van der Waals surface area contributed by atoms with Gasteiger partial charge in [0.2, 0.25) is 17.2 Å². The molecular formula is C20H14O9. The van der Waals surface area contributed by atoms with E-state index >= 15 is 0 Å². The number of phenolic OH excluding ortho intramolecular Hbond substituents is 9. The number of aromatic hydroxyl groups is 9. The summed E-state index contributed by atoms with van der Waals surface area (Å²) in [5, 5.41) is 91.3. The van der Waals surface area contributed by atoms with Crippen LogP contribution < -0.4 is 0 Å². The average molecular weight is 398 g/mol. The highest BCUT2D eigenvalue weighted by Crippen LogP contribution is 2.61. The van der Waals surface area contributed by atoms with Crippen molar-refractivity contribution in [1.82, 2.24) is 0 Å². The zero-order chi connectivity index (χ0) is 21.2. The molecule has 0 aromatic heterocycles. The monoisotopic (exact) mass is 398 g/mol. The van der Waals surface area contributed by atoms with E-state index in [1.165, 1.54) is 12.1 Å². The third-order valence-corrected chi connectivity index (χ3v) is 4.82. The van der Waals surface area contributed by atoms with Gasteiger partial charge in [0.25, 0.3) is 0 Å². The molecule has 9 N–H and O–H groups in total. The van der Waals surface area contributed by atoms with Crippen LogP contribution in [0.1, 0.15) is 0 Å². The van der Waals surface area contributed by atoms with E-state index in [-0.39, 0.29) is 10.9 Å². The van der Waals surface area contributed by atoms with E-state index in [2.05, 4.69) is 0 Å². The number of fused-ring (bicyclic) bond motifs is 2. The fourth-order valence-corrected chi connectivity index (χ4v) is 3.46. The van der Waals surface area contributed by atoms with Gasteiger partial charge in [-0.1, -0.05) is 24.3 Å². The Morgan fingerprint density at radius 1 is 0.448 bits per heavy atom. The van der Waals surface area contributed by atoms with Crippen molar-refractivity contribution in [3.63, 3.8) is 0 Å². The molecule has 0 saturated heterocycles. The van der Waals surface area contributed by atoms with Gasteiger partial charge in [0.05, 0.1) is 5.39 Å². The minimum absolute atomic E-state index is 0.260. The van der Waals surface area contributed by atoms with Crippen LogP contribution in [0.5, 0.6) is 51.7 Å². The van der Waals surface area contributed by atoms with Crippen LogP contribution in [0.4, 0.5) is 0 Å². The highest BCUT2D eigenvalue weighted by molar-refractivity contribution is 6.17. The van der Waals surface area contributed by atoms with Gasteiger partial charge in [0, 0.05) is 16.5 Å². The molecule has 0 radical (unpaired) electrons. The molecule has 0 aliphatic heterocycles. The maximum atomic E-state index is 10.5. The van der Waals surface area contributed by atoms with Gasteiger partial charge in [-0.05, 0) is 16.8 Å². The fraction of sp³-hybridized carbons (Fsp3) is 0. The van der Waals surface area contributed by atoms with Crippen molar-refractivity contribution in [3.8, 4) is 62.9 Å². The molecule has 4 aromatic carbocycles. The van der Waals surface area contributed by atoms with E-state index in [9.17, 15) is 46.0 Å². The topological polar surface area (TPSA) is 182 Å². The first-order valence-corrected chi connectivity index (χ1v) is 8.17. The van der Waals surface area contributed by atoms with Crippen molar-refractivity contribution in [2.24, 2.45) is 0 Å². The Morgan fingerprint density at radius 2 is 0.966 bits per heavy atom. The molecule has 9 nitrogen and oxygen atoms in total. The molecule has 0 unspecified atom stereocenters. The van der Waals surface area contributed by atoms with Crippen molar-refractivity contribution in [2.45, 2.75) is 0 Å². The lowest BCUT2D eigenvalue weighted by molar-refractivity contribution is 0.347. The van der Waals surface area contributed by atoms with Gasteiger partial charge in [-0.3, -0.25) is 0 Å². The summed E-state index contributed by atoms with van der Waals surface area (Å²) in [5.41, 5.74) is -0.777. The first-order chi connectivity index (χ1) is 13.7. The summed E-state index contributed by atoms with van der Waals surface area (Å²) in [6.45, 7) is 0. The lowest BCUT2D eigenvalue weighted by atomic mass is 9.90. The summed E-state index contributed by atoms with van der Waals surface area (Å²) >= 11 is 0. The maximum absolute atomic E-state index is 10.5. The van der Waals surface area contributed by atoms with E-state index in [0.717, 1.165) is 0 Å². The number of rotatable bonds is 1. The lowest BCUT2D eigenvalue weighted by Gasteiger charge is -2.19. The van der Waals surface area contributed by atoms with Gasteiger partial charge in [-0.15, -0.1) is 0 Å². The standard InChI is InChI=1S/C20H14O9/c21-8-5-6-3-1-2-4-7(6)9(13(8)22)10-11-12(16(25)18(27)14(10)23)17(26)20(29)19(28)15(11)24/h1-5,21-29H. The van der Waals surface area contributed by atoms with Gasteiger partial charge in [-0.25, -0.2) is 0 Å². The number of phenols is 9. The Hall–Kier alpha value is -4.40. The van der Waals surface area contributed by atoms with E-state index in [1.54, 1.807) is 18.2 Å². The van der Waals surface area contributed by atoms with Crippen molar-refractivity contribution < 1.29 is 46.0 Å². The zero-order valence-corrected chi connectivity index (χ0v) is 14.4. The summed E-state index contributed by atoms with van der Waals surface area (Å²) < 4.78 is 0. The predicted octanol–water partition coefficient (Wildman–Crippen LogP) is 3.01. The van der Waals surface area contributed by atoms with Gasteiger partial charge in [0.15, 0.2) is 34.5 Å². The molecule has 0 fully saturated rings. The Kier molecular flexibility index (Phi) is 3.60. The minimum atomic E-state index is -1.17. The molecule has 29 heavy (non-hydrogen) atoms. The average Bonchev–Trinajstić information content (AvgIpc) is 2.70. The molecule has 0 atom stereocenters. The number of hydrogen-bond acceptors (Lipinski definition) is 9. The normalized spacial score (nSPS) is 11.3. The molecule has 0 bridgehead atoms. The second-order valence-electron chi connectivity index (χ2n) is 6.41. The molecule has 0 aliphatic carbocycles. The summed E-state index contributed by atoms with van der Waals surface area (Å²) in [7, 11) is 0. The summed E-state index contributed by atoms with van der Waals surface area (Å²) in [5.74, 6) is -9.04. The number of benzene rings is 4. The molecule has 4 rings (SSSR count). The van der Waals surface area contributed by atoms with Crippen LogP contribution in [0, 0.1) is 0 Å². The molecule has 0 heterocycles. The van der Waals surface area contributed by atoms with Gasteiger partial charge < -0.3 is 46.0 Å². The van der Waals surface area contributed by atoms with Crippen LogP contribution in [0.25, 0.3) is 32.7 Å². The third-order valence-electron chi connectivity index (χ3n) is 4.82. The van der Waals surface area contributed by atoms with Crippen molar-refractivity contribution in [1.29, 1.82) is 0 Å². The Bertz CT molecular complexity index is 1330. The van der Waals surface area contributed by atoms with E-state index in [1.807, 2.05) is 0 Å². The van der Waals surface area contributed by atoms with Crippen LogP contribution in [0.3, 0.4) is 0 Å². The van der Waals surface area contributed by atoms with Gasteiger partial charge >= 0.3 is 0 Å². The van der Waals surface area contributed by atoms with Crippen molar-refractivity contribution in [2.75, 3.05) is 0 Å². The fourth-order valence-electron chi connectivity index (χ4n) is 3.46. The van der Waals surface area contributed by atoms with Crippen molar-refractivity contribution >= 4 is 21.5 Å². The summed E-state index contributed by atoms with van der Waals surface area (Å²) in [6.07, 6.45) is 0. The second kappa shape index (κ2) is 5.80. The quantitative estimate of drug-likeness (QED) is 0.172. The highest BCUT2D eigenvalue weighted by Gasteiger charge is 2.31. The molecule has 9 heteroatoms. The highest BCUT2D eigenvalue weighted by atomic mass is 16.4. The van der Waals surface area contributed by atoms with E-state index < -0.39 is 68.1 Å². The molecule has 0 aliphatic rings. The Morgan fingerprint density at radius 3 is 1.59 bits per heavy atom. The maximum Gasteiger partial charge on any atom is 0.205 e. The smallest absolute Gasteiger partial charge is 0.205 e. The molecule has 0 spiro atoms. The summed E-state index contributed by atoms with van der Waals surface area (Å²) in [4.78, 5) is 0. The van der Waals surface area contributed by atoms with Gasteiger partial charge in [0.1, 0.15) is 0 Å². The van der Waals surface area contributed by atoms with Crippen molar-refractivity contribution in [3.05, 3.63) is 30.3 Å². The SMILES string of the molecule is Oc1cc2ccccc2c(-c2c(O)c(O)c(O)c3c(O)c(O)c(O)c(O)c23)c1O. The predicted molar refractivity (Wildman–Crippen MR) is 102 cm³/mol. The largest absolute Gasteiger partial charge is 0.504 e. The van der Waals surface area contributed by atoms with Crippen LogP contribution in [-0.2, 0) is 0 Å². The summed E-state index contributed by atoms with van der Waals surface area (Å²) in [6, 6.07) is 7.56. The number of hydrogen-bond donors (Lipinski definition) is 9. The van der Waals surface area contributed by atoms with Crippen LogP contribution in [0.15, 0.2) is 30.3 Å². The van der Waals surface area contributed by atoms with Crippen LogP contribution in [0.2, 0.25) is 0 Å². The Labute approximate surface area is 161 Å². The lowest BCUT2D eigenvalue weighted by Crippen LogP contribution is -1.91. The molecule has 4 aromatic rings. The molecule has 0 amide bonds. The van der Waals surface area contributed by atoms with Gasteiger partial charge in [-0.2, -0.15) is 0 Å². The molecule has 148 valence electrons. The second-order valence-corrected chi connectivity index (χ2v) is 6.41. The van der Waals surface area contributed by atoms with E-state index in [0.29, 0.717) is 5.39 Å². The van der Waals surface area contributed by atoms with Crippen LogP contribution in [-0.4, -0.2) is 46.0 Å². The van der Waals surface area contributed by atoms with E-state index in [4.69, 9.17) is 0 Å². The first-order valence-electron chi connectivity index (χ1n) is 8.17. The molecule has 0 saturated carbocycles. The zero-order valence-electron chi connectivity index (χ0n) is 14.4. The minimum Gasteiger partial charge on any atom is -0.504 e. The first kappa shape index (κ1) is 18.0. The Balaban J connectivity index is 2.38. The van der Waals surface area contributed by atoms with Crippen LogP contribution >= 0.6 is 0 Å². The molecular weight excluding hydrogens is 384 g/mol.